The normalized spacial score (nSPS) is 12.3. The van der Waals surface area contributed by atoms with Gasteiger partial charge in [0.1, 0.15) is 5.75 Å². The van der Waals surface area contributed by atoms with Crippen LogP contribution in [0, 0.1) is 0 Å². The lowest BCUT2D eigenvalue weighted by Crippen LogP contribution is -2.34. The van der Waals surface area contributed by atoms with Gasteiger partial charge in [0.05, 0.1) is 0 Å². The minimum absolute atomic E-state index is 0.0156. The standard InChI is InChI=1S/C21H25NO4/c1-4-22(12-17-8-6-10-19-21(17)26-14-25-19)20(23)13-24-18-9-5-7-16(11-18)15(2)3/h5-11,15H,4,12-14H2,1-3H3. The van der Waals surface area contributed by atoms with E-state index in [1.165, 1.54) is 5.56 Å². The summed E-state index contributed by atoms with van der Waals surface area (Å²) in [6.07, 6.45) is 0. The van der Waals surface area contributed by atoms with Crippen LogP contribution >= 0.6 is 0 Å². The van der Waals surface area contributed by atoms with Crippen LogP contribution in [-0.4, -0.2) is 30.8 Å². The maximum atomic E-state index is 12.6. The van der Waals surface area contributed by atoms with Crippen molar-refractivity contribution in [3.8, 4) is 17.2 Å². The highest BCUT2D eigenvalue weighted by Gasteiger charge is 2.21. The fraction of sp³-hybridized carbons (Fsp3) is 0.381. The number of amides is 1. The second kappa shape index (κ2) is 8.13. The summed E-state index contributed by atoms with van der Waals surface area (Å²) in [5, 5.41) is 0. The van der Waals surface area contributed by atoms with Crippen LogP contribution in [0.2, 0.25) is 0 Å². The van der Waals surface area contributed by atoms with E-state index in [1.807, 2.05) is 43.3 Å². The summed E-state index contributed by atoms with van der Waals surface area (Å²) >= 11 is 0. The van der Waals surface area contributed by atoms with Gasteiger partial charge in [0.2, 0.25) is 6.79 Å². The zero-order chi connectivity index (χ0) is 18.5. The molecular weight excluding hydrogens is 330 g/mol. The summed E-state index contributed by atoms with van der Waals surface area (Å²) in [7, 11) is 0. The molecule has 2 aromatic rings. The minimum Gasteiger partial charge on any atom is -0.484 e. The van der Waals surface area contributed by atoms with Crippen molar-refractivity contribution in [3.05, 3.63) is 53.6 Å². The van der Waals surface area contributed by atoms with Gasteiger partial charge in [0.15, 0.2) is 18.1 Å². The molecule has 0 aliphatic carbocycles. The van der Waals surface area contributed by atoms with Gasteiger partial charge in [-0.05, 0) is 36.6 Å². The third-order valence-electron chi connectivity index (χ3n) is 4.46. The number of nitrogens with zero attached hydrogens (tertiary/aromatic N) is 1. The van der Waals surface area contributed by atoms with Gasteiger partial charge in [-0.3, -0.25) is 4.79 Å². The average Bonchev–Trinajstić information content (AvgIpc) is 3.14. The van der Waals surface area contributed by atoms with Gasteiger partial charge in [0, 0.05) is 18.7 Å². The van der Waals surface area contributed by atoms with Crippen LogP contribution in [0.1, 0.15) is 37.8 Å². The number of fused-ring (bicyclic) bond motifs is 1. The molecule has 0 atom stereocenters. The Balaban J connectivity index is 1.63. The van der Waals surface area contributed by atoms with Crippen LogP contribution in [-0.2, 0) is 11.3 Å². The first-order valence-corrected chi connectivity index (χ1v) is 8.96. The van der Waals surface area contributed by atoms with Crippen molar-refractivity contribution >= 4 is 5.91 Å². The topological polar surface area (TPSA) is 48.0 Å². The van der Waals surface area contributed by atoms with Crippen molar-refractivity contribution < 1.29 is 19.0 Å². The number of carbonyl (C=O) groups is 1. The van der Waals surface area contributed by atoms with Gasteiger partial charge in [-0.1, -0.05) is 38.1 Å². The van der Waals surface area contributed by atoms with Crippen molar-refractivity contribution in [2.75, 3.05) is 19.9 Å². The number of benzene rings is 2. The highest BCUT2D eigenvalue weighted by atomic mass is 16.7. The summed E-state index contributed by atoms with van der Waals surface area (Å²) in [5.41, 5.74) is 2.14. The summed E-state index contributed by atoms with van der Waals surface area (Å²) in [5.74, 6) is 2.54. The number of para-hydroxylation sites is 1. The molecule has 0 saturated heterocycles. The van der Waals surface area contributed by atoms with Crippen LogP contribution in [0.25, 0.3) is 0 Å². The van der Waals surface area contributed by atoms with Gasteiger partial charge in [0.25, 0.3) is 5.91 Å². The fourth-order valence-electron chi connectivity index (χ4n) is 2.90. The molecule has 26 heavy (non-hydrogen) atoms. The number of ether oxygens (including phenoxy) is 3. The first-order valence-electron chi connectivity index (χ1n) is 8.96. The second-order valence-electron chi connectivity index (χ2n) is 6.57. The Morgan fingerprint density at radius 1 is 1.19 bits per heavy atom. The molecule has 1 aliphatic heterocycles. The molecule has 3 rings (SSSR count). The lowest BCUT2D eigenvalue weighted by atomic mass is 10.0. The average molecular weight is 355 g/mol. The molecular formula is C21H25NO4. The first kappa shape index (κ1) is 18.1. The van der Waals surface area contributed by atoms with E-state index in [0.29, 0.717) is 19.0 Å². The number of hydrogen-bond donors (Lipinski definition) is 0. The molecule has 0 N–H and O–H groups in total. The molecule has 1 aliphatic rings. The van der Waals surface area contributed by atoms with Crippen LogP contribution in [0.5, 0.6) is 17.2 Å². The van der Waals surface area contributed by atoms with E-state index < -0.39 is 0 Å². The smallest absolute Gasteiger partial charge is 0.260 e. The molecule has 0 unspecified atom stereocenters. The van der Waals surface area contributed by atoms with Gasteiger partial charge in [-0.2, -0.15) is 0 Å². The van der Waals surface area contributed by atoms with E-state index in [0.717, 1.165) is 22.8 Å². The van der Waals surface area contributed by atoms with E-state index in [-0.39, 0.29) is 19.3 Å². The van der Waals surface area contributed by atoms with E-state index >= 15 is 0 Å². The highest BCUT2D eigenvalue weighted by molar-refractivity contribution is 5.78. The van der Waals surface area contributed by atoms with Crippen LogP contribution in [0.4, 0.5) is 0 Å². The number of carbonyl (C=O) groups excluding carboxylic acids is 1. The van der Waals surface area contributed by atoms with Crippen molar-refractivity contribution in [2.45, 2.75) is 33.2 Å². The SMILES string of the molecule is CCN(Cc1cccc2c1OCO2)C(=O)COc1cccc(C(C)C)c1. The lowest BCUT2D eigenvalue weighted by molar-refractivity contribution is -0.133. The Labute approximate surface area is 154 Å². The molecule has 1 amide bonds. The molecule has 0 saturated carbocycles. The van der Waals surface area contributed by atoms with Crippen molar-refractivity contribution in [1.82, 2.24) is 4.90 Å². The molecule has 5 nitrogen and oxygen atoms in total. The van der Waals surface area contributed by atoms with Crippen LogP contribution in [0.3, 0.4) is 0 Å². The molecule has 0 aromatic heterocycles. The molecule has 0 bridgehead atoms. The molecule has 0 spiro atoms. The molecule has 2 aromatic carbocycles. The van der Waals surface area contributed by atoms with Crippen molar-refractivity contribution in [1.29, 1.82) is 0 Å². The Hall–Kier alpha value is -2.69. The Bertz CT molecular complexity index is 772. The van der Waals surface area contributed by atoms with E-state index in [1.54, 1.807) is 4.90 Å². The van der Waals surface area contributed by atoms with Crippen LogP contribution < -0.4 is 14.2 Å². The Kier molecular flexibility index (Phi) is 5.66. The zero-order valence-electron chi connectivity index (χ0n) is 15.5. The number of rotatable bonds is 7. The minimum atomic E-state index is -0.0565. The van der Waals surface area contributed by atoms with Crippen molar-refractivity contribution in [3.63, 3.8) is 0 Å². The van der Waals surface area contributed by atoms with Gasteiger partial charge in [-0.15, -0.1) is 0 Å². The maximum Gasteiger partial charge on any atom is 0.260 e. The highest BCUT2D eigenvalue weighted by Crippen LogP contribution is 2.35. The predicted octanol–water partition coefficient (Wildman–Crippen LogP) is 3.97. The number of likely N-dealkylation sites (N-methyl/N-ethyl adjacent to an activating group) is 1. The number of hydrogen-bond acceptors (Lipinski definition) is 4. The largest absolute Gasteiger partial charge is 0.484 e. The monoisotopic (exact) mass is 355 g/mol. The molecule has 1 heterocycles. The van der Waals surface area contributed by atoms with Gasteiger partial charge in [-0.25, -0.2) is 0 Å². The van der Waals surface area contributed by atoms with Gasteiger partial charge < -0.3 is 19.1 Å². The first-order chi connectivity index (χ1) is 12.6. The zero-order valence-corrected chi connectivity index (χ0v) is 15.5. The third-order valence-corrected chi connectivity index (χ3v) is 4.46. The predicted molar refractivity (Wildman–Crippen MR) is 99.7 cm³/mol. The summed E-state index contributed by atoms with van der Waals surface area (Å²) in [6.45, 7) is 7.53. The van der Waals surface area contributed by atoms with Crippen LogP contribution in [0.15, 0.2) is 42.5 Å². The summed E-state index contributed by atoms with van der Waals surface area (Å²) in [4.78, 5) is 14.4. The van der Waals surface area contributed by atoms with E-state index in [4.69, 9.17) is 14.2 Å². The molecule has 0 fully saturated rings. The summed E-state index contributed by atoms with van der Waals surface area (Å²) in [6, 6.07) is 13.6. The molecule has 5 heteroatoms. The van der Waals surface area contributed by atoms with Gasteiger partial charge >= 0.3 is 0 Å². The summed E-state index contributed by atoms with van der Waals surface area (Å²) < 4.78 is 16.7. The second-order valence-corrected chi connectivity index (χ2v) is 6.57. The quantitative estimate of drug-likeness (QED) is 0.754. The van der Waals surface area contributed by atoms with E-state index in [9.17, 15) is 4.79 Å². The molecule has 138 valence electrons. The fourth-order valence-corrected chi connectivity index (χ4v) is 2.90. The van der Waals surface area contributed by atoms with Crippen molar-refractivity contribution in [2.24, 2.45) is 0 Å². The molecule has 0 radical (unpaired) electrons. The maximum absolute atomic E-state index is 12.6. The third kappa shape index (κ3) is 4.10. The Morgan fingerprint density at radius 3 is 2.77 bits per heavy atom. The lowest BCUT2D eigenvalue weighted by Gasteiger charge is -2.22. The van der Waals surface area contributed by atoms with E-state index in [2.05, 4.69) is 19.9 Å². The Morgan fingerprint density at radius 2 is 2.00 bits per heavy atom.